The molecule has 16 heavy (non-hydrogen) atoms. The van der Waals surface area contributed by atoms with Crippen molar-refractivity contribution in [1.82, 2.24) is 0 Å². The van der Waals surface area contributed by atoms with Gasteiger partial charge in [0.05, 0.1) is 18.8 Å². The van der Waals surface area contributed by atoms with Crippen molar-refractivity contribution in [3.63, 3.8) is 0 Å². The van der Waals surface area contributed by atoms with Crippen molar-refractivity contribution in [3.05, 3.63) is 35.9 Å². The first kappa shape index (κ1) is 13.1. The standard InChI is InChI=1S/C12H18O4/c1-15-9-16-8-11(13)7-12(14)10-5-3-2-4-6-10/h2-6,11-14H,7-9H2,1H3/t11-,12-/m1/s1. The summed E-state index contributed by atoms with van der Waals surface area (Å²) in [7, 11) is 1.52. The zero-order valence-electron chi connectivity index (χ0n) is 9.37. The van der Waals surface area contributed by atoms with Gasteiger partial charge in [-0.1, -0.05) is 30.3 Å². The molecule has 4 nitrogen and oxygen atoms in total. The first-order valence-corrected chi connectivity index (χ1v) is 5.21. The fourth-order valence-electron chi connectivity index (χ4n) is 1.40. The van der Waals surface area contributed by atoms with E-state index in [0.717, 1.165) is 5.56 Å². The second-order valence-corrected chi connectivity index (χ2v) is 3.59. The quantitative estimate of drug-likeness (QED) is 0.540. The molecule has 1 aromatic rings. The second-order valence-electron chi connectivity index (χ2n) is 3.59. The fraction of sp³-hybridized carbons (Fsp3) is 0.500. The predicted molar refractivity (Wildman–Crippen MR) is 59.9 cm³/mol. The SMILES string of the molecule is COCOC[C@H](O)C[C@@H](O)c1ccccc1. The van der Waals surface area contributed by atoms with Gasteiger partial charge in [-0.25, -0.2) is 0 Å². The lowest BCUT2D eigenvalue weighted by atomic mass is 10.0. The van der Waals surface area contributed by atoms with Crippen LogP contribution in [0, 0.1) is 0 Å². The molecule has 0 bridgehead atoms. The van der Waals surface area contributed by atoms with E-state index in [0.29, 0.717) is 0 Å². The molecule has 1 aromatic carbocycles. The third kappa shape index (κ3) is 4.72. The van der Waals surface area contributed by atoms with E-state index in [-0.39, 0.29) is 19.8 Å². The average Bonchev–Trinajstić information content (AvgIpc) is 2.30. The Morgan fingerprint density at radius 3 is 2.50 bits per heavy atom. The molecule has 0 aliphatic rings. The van der Waals surface area contributed by atoms with Crippen molar-refractivity contribution in [1.29, 1.82) is 0 Å². The number of aliphatic hydroxyl groups is 2. The second kappa shape index (κ2) is 7.35. The minimum atomic E-state index is -0.689. The average molecular weight is 226 g/mol. The highest BCUT2D eigenvalue weighted by molar-refractivity contribution is 5.17. The van der Waals surface area contributed by atoms with Gasteiger partial charge >= 0.3 is 0 Å². The zero-order chi connectivity index (χ0) is 11.8. The van der Waals surface area contributed by atoms with Gasteiger partial charge in [-0.3, -0.25) is 0 Å². The van der Waals surface area contributed by atoms with Crippen LogP contribution in [0.1, 0.15) is 18.1 Å². The van der Waals surface area contributed by atoms with Gasteiger partial charge in [0.15, 0.2) is 0 Å². The summed E-state index contributed by atoms with van der Waals surface area (Å²) >= 11 is 0. The van der Waals surface area contributed by atoms with Crippen molar-refractivity contribution in [2.24, 2.45) is 0 Å². The molecule has 90 valence electrons. The van der Waals surface area contributed by atoms with Crippen LogP contribution in [0.15, 0.2) is 30.3 Å². The summed E-state index contributed by atoms with van der Waals surface area (Å²) in [4.78, 5) is 0. The summed E-state index contributed by atoms with van der Waals surface area (Å²) in [5.74, 6) is 0. The van der Waals surface area contributed by atoms with Crippen LogP contribution in [0.4, 0.5) is 0 Å². The van der Waals surface area contributed by atoms with Gasteiger partial charge in [-0.2, -0.15) is 0 Å². The molecular formula is C12H18O4. The Hall–Kier alpha value is -0.940. The molecule has 4 heteroatoms. The number of hydrogen-bond acceptors (Lipinski definition) is 4. The molecule has 0 fully saturated rings. The highest BCUT2D eigenvalue weighted by Crippen LogP contribution is 2.17. The summed E-state index contributed by atoms with van der Waals surface area (Å²) in [5, 5.41) is 19.4. The molecule has 0 radical (unpaired) electrons. The third-order valence-electron chi connectivity index (χ3n) is 2.19. The van der Waals surface area contributed by atoms with Gasteiger partial charge in [0.25, 0.3) is 0 Å². The van der Waals surface area contributed by atoms with Crippen LogP contribution in [0.3, 0.4) is 0 Å². The Morgan fingerprint density at radius 2 is 1.88 bits per heavy atom. The Labute approximate surface area is 95.4 Å². The van der Waals surface area contributed by atoms with Crippen LogP contribution in [0.25, 0.3) is 0 Å². The molecule has 0 aliphatic carbocycles. The van der Waals surface area contributed by atoms with E-state index in [4.69, 9.17) is 4.74 Å². The summed E-state index contributed by atoms with van der Waals surface area (Å²) in [6.07, 6.45) is -1.10. The van der Waals surface area contributed by atoms with E-state index in [1.807, 2.05) is 30.3 Å². The Bertz CT molecular complexity index is 276. The minimum Gasteiger partial charge on any atom is -0.391 e. The predicted octanol–water partition coefficient (Wildman–Crippen LogP) is 1.09. The molecular weight excluding hydrogens is 208 g/mol. The summed E-state index contributed by atoms with van der Waals surface area (Å²) in [6.45, 7) is 0.316. The van der Waals surface area contributed by atoms with Crippen LogP contribution < -0.4 is 0 Å². The molecule has 0 aromatic heterocycles. The Kier molecular flexibility index (Phi) is 6.03. The van der Waals surface area contributed by atoms with Gasteiger partial charge in [0.2, 0.25) is 0 Å². The molecule has 1 rings (SSSR count). The normalized spacial score (nSPS) is 14.7. The monoisotopic (exact) mass is 226 g/mol. The van der Waals surface area contributed by atoms with E-state index in [9.17, 15) is 10.2 Å². The van der Waals surface area contributed by atoms with Crippen molar-refractivity contribution < 1.29 is 19.7 Å². The van der Waals surface area contributed by atoms with E-state index in [1.165, 1.54) is 7.11 Å². The third-order valence-corrected chi connectivity index (χ3v) is 2.19. The van der Waals surface area contributed by atoms with Gasteiger partial charge in [0.1, 0.15) is 6.79 Å². The lowest BCUT2D eigenvalue weighted by Gasteiger charge is -2.15. The first-order chi connectivity index (χ1) is 7.74. The number of benzene rings is 1. The maximum absolute atomic E-state index is 9.80. The Balaban J connectivity index is 2.31. The Morgan fingerprint density at radius 1 is 1.19 bits per heavy atom. The molecule has 0 spiro atoms. The smallest absolute Gasteiger partial charge is 0.146 e. The van der Waals surface area contributed by atoms with Crippen LogP contribution >= 0.6 is 0 Å². The van der Waals surface area contributed by atoms with E-state index in [2.05, 4.69) is 4.74 Å². The van der Waals surface area contributed by atoms with Crippen molar-refractivity contribution in [2.45, 2.75) is 18.6 Å². The maximum atomic E-state index is 9.80. The van der Waals surface area contributed by atoms with Crippen LogP contribution in [-0.4, -0.2) is 36.8 Å². The molecule has 0 aliphatic heterocycles. The fourth-order valence-corrected chi connectivity index (χ4v) is 1.40. The number of rotatable bonds is 7. The number of ether oxygens (including phenoxy) is 2. The van der Waals surface area contributed by atoms with E-state index >= 15 is 0 Å². The van der Waals surface area contributed by atoms with E-state index < -0.39 is 12.2 Å². The summed E-state index contributed by atoms with van der Waals surface area (Å²) in [6, 6.07) is 9.24. The maximum Gasteiger partial charge on any atom is 0.146 e. The van der Waals surface area contributed by atoms with Gasteiger partial charge < -0.3 is 19.7 Å². The molecule has 0 saturated heterocycles. The molecule has 2 atom stereocenters. The van der Waals surface area contributed by atoms with Gasteiger partial charge in [-0.05, 0) is 5.56 Å². The minimum absolute atomic E-state index is 0.151. The highest BCUT2D eigenvalue weighted by atomic mass is 16.7. The largest absolute Gasteiger partial charge is 0.391 e. The van der Waals surface area contributed by atoms with Crippen LogP contribution in [0.5, 0.6) is 0 Å². The lowest BCUT2D eigenvalue weighted by Crippen LogP contribution is -2.19. The molecule has 0 saturated carbocycles. The summed E-state index contributed by atoms with van der Waals surface area (Å²) < 4.78 is 9.68. The van der Waals surface area contributed by atoms with Crippen LogP contribution in [-0.2, 0) is 9.47 Å². The molecule has 0 amide bonds. The van der Waals surface area contributed by atoms with E-state index in [1.54, 1.807) is 0 Å². The first-order valence-electron chi connectivity index (χ1n) is 5.21. The summed E-state index contributed by atoms with van der Waals surface area (Å²) in [5.41, 5.74) is 0.799. The number of aliphatic hydroxyl groups excluding tert-OH is 2. The number of methoxy groups -OCH3 is 1. The van der Waals surface area contributed by atoms with Gasteiger partial charge in [0, 0.05) is 13.5 Å². The van der Waals surface area contributed by atoms with Crippen molar-refractivity contribution in [3.8, 4) is 0 Å². The molecule has 0 unspecified atom stereocenters. The highest BCUT2D eigenvalue weighted by Gasteiger charge is 2.13. The van der Waals surface area contributed by atoms with Crippen LogP contribution in [0.2, 0.25) is 0 Å². The topological polar surface area (TPSA) is 58.9 Å². The molecule has 2 N–H and O–H groups in total. The lowest BCUT2D eigenvalue weighted by molar-refractivity contribution is -0.0694. The van der Waals surface area contributed by atoms with Crippen molar-refractivity contribution >= 4 is 0 Å². The van der Waals surface area contributed by atoms with Gasteiger partial charge in [-0.15, -0.1) is 0 Å². The zero-order valence-corrected chi connectivity index (χ0v) is 9.37. The molecule has 0 heterocycles. The van der Waals surface area contributed by atoms with Crippen molar-refractivity contribution in [2.75, 3.05) is 20.5 Å². The number of hydrogen-bond donors (Lipinski definition) is 2.